The highest BCUT2D eigenvalue weighted by molar-refractivity contribution is 5.89. The summed E-state index contributed by atoms with van der Waals surface area (Å²) < 4.78 is 6.46. The first-order chi connectivity index (χ1) is 22.6. The summed E-state index contributed by atoms with van der Waals surface area (Å²) in [6.07, 6.45) is 9.37. The van der Waals surface area contributed by atoms with Gasteiger partial charge in [0.05, 0.1) is 16.7 Å². The Morgan fingerprint density at radius 3 is 2.74 bits per heavy atom. The maximum Gasteiger partial charge on any atom is 0.225 e. The predicted octanol–water partition coefficient (Wildman–Crippen LogP) is 6.02. The number of rotatable bonds is 7. The third-order valence-electron chi connectivity index (χ3n) is 9.33. The maximum atomic E-state index is 11.7. The third-order valence-corrected chi connectivity index (χ3v) is 9.33. The van der Waals surface area contributed by atoms with E-state index in [9.17, 15) is 15.2 Å². The molecule has 2 N–H and O–H groups in total. The van der Waals surface area contributed by atoms with Gasteiger partial charge in [-0.2, -0.15) is 5.26 Å². The summed E-state index contributed by atoms with van der Waals surface area (Å²) in [5, 5.41) is 24.1. The molecule has 236 valence electrons. The van der Waals surface area contributed by atoms with Crippen molar-refractivity contribution in [1.82, 2.24) is 24.8 Å². The predicted molar refractivity (Wildman–Crippen MR) is 179 cm³/mol. The second-order valence-corrected chi connectivity index (χ2v) is 13.0. The Labute approximate surface area is 272 Å². The molecule has 3 atom stereocenters. The molecule has 7 rings (SSSR count). The van der Waals surface area contributed by atoms with Crippen LogP contribution >= 0.6 is 0 Å². The molecule has 0 bridgehead atoms. The maximum absolute atomic E-state index is 11.7. The number of likely N-dealkylation sites (tertiary alicyclic amines) is 1. The number of aldehydes is 1. The topological polar surface area (TPSA) is 141 Å². The van der Waals surface area contributed by atoms with Crippen LogP contribution in [0.25, 0.3) is 27.7 Å². The molecule has 0 amide bonds. The fourth-order valence-electron chi connectivity index (χ4n) is 6.88. The normalized spacial score (nSPS) is 22.8. The van der Waals surface area contributed by atoms with Gasteiger partial charge in [0.25, 0.3) is 0 Å². The number of hydrogen-bond acceptors (Lipinski definition) is 10. The van der Waals surface area contributed by atoms with Crippen molar-refractivity contribution in [1.29, 1.82) is 5.26 Å². The molecule has 47 heavy (non-hydrogen) atoms. The van der Waals surface area contributed by atoms with Gasteiger partial charge >= 0.3 is 0 Å². The van der Waals surface area contributed by atoms with Crippen molar-refractivity contribution in [3.63, 3.8) is 0 Å². The first kappa shape index (κ1) is 30.4. The average molecular weight is 626 g/mol. The van der Waals surface area contributed by atoms with Crippen LogP contribution in [0.15, 0.2) is 71.3 Å². The number of aromatic nitrogens is 4. The van der Waals surface area contributed by atoms with Gasteiger partial charge in [-0.3, -0.25) is 14.7 Å². The lowest BCUT2D eigenvalue weighted by atomic mass is 9.73. The Morgan fingerprint density at radius 1 is 1.17 bits per heavy atom. The Balaban J connectivity index is 1.36. The molecule has 0 saturated carbocycles. The lowest BCUT2D eigenvalue weighted by molar-refractivity contribution is 0.0679. The van der Waals surface area contributed by atoms with Crippen LogP contribution in [0.3, 0.4) is 0 Å². The zero-order chi connectivity index (χ0) is 32.9. The molecular weight excluding hydrogens is 590 g/mol. The molecule has 1 aliphatic carbocycles. The minimum absolute atomic E-state index is 0.231. The van der Waals surface area contributed by atoms with Crippen LogP contribution in [0.1, 0.15) is 64.6 Å². The van der Waals surface area contributed by atoms with Crippen molar-refractivity contribution < 1.29 is 14.3 Å². The fraction of sp³-hybridized carbons (Fsp3) is 0.297. The van der Waals surface area contributed by atoms with E-state index in [1.807, 2.05) is 50.4 Å². The lowest BCUT2D eigenvalue weighted by Crippen LogP contribution is -2.42. The second kappa shape index (κ2) is 11.5. The van der Waals surface area contributed by atoms with E-state index in [-0.39, 0.29) is 11.5 Å². The van der Waals surface area contributed by atoms with Crippen LogP contribution in [0.2, 0.25) is 0 Å². The quantitative estimate of drug-likeness (QED) is 0.206. The molecule has 4 heterocycles. The van der Waals surface area contributed by atoms with Gasteiger partial charge in [-0.1, -0.05) is 43.3 Å². The number of anilines is 1. The number of β-amino-alcohol motifs (C(OH)–C–C–N with tert-alkyl or cyclic N) is 1. The van der Waals surface area contributed by atoms with Crippen LogP contribution < -0.4 is 5.32 Å². The number of pyridine rings is 1. The van der Waals surface area contributed by atoms with Gasteiger partial charge in [-0.25, -0.2) is 15.0 Å². The molecule has 1 saturated heterocycles. The summed E-state index contributed by atoms with van der Waals surface area (Å²) in [6, 6.07) is 15.6. The van der Waals surface area contributed by atoms with Crippen LogP contribution in [-0.4, -0.2) is 54.9 Å². The number of carbonyl (C=O) groups excluding carboxylic acids is 1. The van der Waals surface area contributed by atoms with E-state index in [0.29, 0.717) is 64.6 Å². The van der Waals surface area contributed by atoms with E-state index in [1.165, 1.54) is 6.07 Å². The number of benzene rings is 2. The summed E-state index contributed by atoms with van der Waals surface area (Å²) >= 11 is 0. The summed E-state index contributed by atoms with van der Waals surface area (Å²) in [5.74, 6) is 1.18. The van der Waals surface area contributed by atoms with Crippen molar-refractivity contribution in [3.05, 3.63) is 106 Å². The van der Waals surface area contributed by atoms with E-state index in [0.717, 1.165) is 35.2 Å². The number of allylic oxidation sites excluding steroid dienone is 2. The van der Waals surface area contributed by atoms with Gasteiger partial charge in [0.15, 0.2) is 11.4 Å². The van der Waals surface area contributed by atoms with Crippen LogP contribution in [0, 0.1) is 31.1 Å². The van der Waals surface area contributed by atoms with Crippen molar-refractivity contribution in [3.8, 4) is 6.07 Å². The third kappa shape index (κ3) is 5.47. The van der Waals surface area contributed by atoms with E-state index < -0.39 is 11.1 Å². The zero-order valence-corrected chi connectivity index (χ0v) is 26.8. The van der Waals surface area contributed by atoms with Crippen LogP contribution in [0.4, 0.5) is 5.82 Å². The zero-order valence-electron chi connectivity index (χ0n) is 26.8. The number of carbonyl (C=O) groups is 1. The van der Waals surface area contributed by atoms with Gasteiger partial charge in [0.1, 0.15) is 34.8 Å². The minimum atomic E-state index is -1.06. The summed E-state index contributed by atoms with van der Waals surface area (Å²) in [4.78, 5) is 33.2. The Bertz CT molecular complexity index is 2160. The molecule has 3 aromatic heterocycles. The monoisotopic (exact) mass is 625 g/mol. The summed E-state index contributed by atoms with van der Waals surface area (Å²) in [7, 11) is 0. The van der Waals surface area contributed by atoms with Crippen LogP contribution in [-0.2, 0) is 12.1 Å². The molecule has 2 aromatic carbocycles. The van der Waals surface area contributed by atoms with E-state index in [1.54, 1.807) is 6.07 Å². The molecule has 0 radical (unpaired) electrons. The van der Waals surface area contributed by atoms with Gasteiger partial charge in [0, 0.05) is 37.3 Å². The molecular formula is C37H35N7O3. The van der Waals surface area contributed by atoms with Crippen molar-refractivity contribution >= 4 is 39.8 Å². The van der Waals surface area contributed by atoms with Crippen molar-refractivity contribution in [2.24, 2.45) is 5.92 Å². The molecule has 1 fully saturated rings. The summed E-state index contributed by atoms with van der Waals surface area (Å²) in [6.45, 7) is 10.00. The lowest BCUT2D eigenvalue weighted by Gasteiger charge is -2.39. The Morgan fingerprint density at radius 2 is 2.00 bits per heavy atom. The number of nitrogens with zero attached hydrogens (tertiary/aromatic N) is 6. The Hall–Kier alpha value is -5.24. The van der Waals surface area contributed by atoms with E-state index in [2.05, 4.69) is 48.3 Å². The van der Waals surface area contributed by atoms with Gasteiger partial charge in [-0.05, 0) is 73.7 Å². The standard InChI is InChI=1S/C37H35N7O3/c1-22-8-5-6-9-28(22)29-10-7-11-37(23(29)2,35-42-31-15-25(20-45)14-27(17-38)33(31)47-35)43-34-32-30(40-24(3)41-34)16-26(18-39-32)19-44-13-12-36(4,46)21-44/h5-11,14-16,18,20,23,46H,12-13,19,21H2,1-4H3,(H,40,41,43)/t23-,36?,37?/m0/s1. The number of oxazole rings is 1. The first-order valence-electron chi connectivity index (χ1n) is 15.7. The number of nitrogens with one attached hydrogen (secondary N) is 1. The molecule has 1 aliphatic heterocycles. The number of aliphatic hydroxyl groups is 1. The van der Waals surface area contributed by atoms with E-state index >= 15 is 0 Å². The number of hydrogen-bond donors (Lipinski definition) is 2. The van der Waals surface area contributed by atoms with Gasteiger partial charge < -0.3 is 14.8 Å². The highest BCUT2D eigenvalue weighted by Crippen LogP contribution is 2.46. The highest BCUT2D eigenvalue weighted by atomic mass is 16.4. The largest absolute Gasteiger partial charge is 0.436 e. The van der Waals surface area contributed by atoms with Crippen molar-refractivity contribution in [2.45, 2.75) is 51.8 Å². The highest BCUT2D eigenvalue weighted by Gasteiger charge is 2.45. The molecule has 5 aromatic rings. The first-order valence-corrected chi connectivity index (χ1v) is 15.7. The van der Waals surface area contributed by atoms with Gasteiger partial charge in [0.2, 0.25) is 5.89 Å². The molecule has 10 nitrogen and oxygen atoms in total. The smallest absolute Gasteiger partial charge is 0.225 e. The molecule has 2 aliphatic rings. The van der Waals surface area contributed by atoms with Crippen LogP contribution in [0.5, 0.6) is 0 Å². The molecule has 2 unspecified atom stereocenters. The van der Waals surface area contributed by atoms with Gasteiger partial charge in [-0.15, -0.1) is 0 Å². The fourth-order valence-corrected chi connectivity index (χ4v) is 6.88. The number of aryl methyl sites for hydroxylation is 2. The SMILES string of the molecule is Cc1nc(NC2(c3nc4cc(C=O)cc(C#N)c4o3)C=CC=C(c3ccccc3C)[C@@H]2C)c2ncc(CN3CCC(C)(O)C3)cc2n1. The summed E-state index contributed by atoms with van der Waals surface area (Å²) in [5.41, 5.74) is 5.16. The molecule has 0 spiro atoms. The number of fused-ring (bicyclic) bond motifs is 2. The molecule has 10 heteroatoms. The number of nitriles is 1. The average Bonchev–Trinajstić information content (AvgIpc) is 3.64. The van der Waals surface area contributed by atoms with Crippen molar-refractivity contribution in [2.75, 3.05) is 18.4 Å². The second-order valence-electron chi connectivity index (χ2n) is 13.0. The van der Waals surface area contributed by atoms with E-state index in [4.69, 9.17) is 24.4 Å². The Kier molecular flexibility index (Phi) is 7.46. The minimum Gasteiger partial charge on any atom is -0.436 e.